The molecule has 0 aliphatic carbocycles. The zero-order chi connectivity index (χ0) is 11.3. The van der Waals surface area contributed by atoms with Crippen molar-refractivity contribution in [1.82, 2.24) is 9.97 Å². The van der Waals surface area contributed by atoms with E-state index >= 15 is 0 Å². The summed E-state index contributed by atoms with van der Waals surface area (Å²) in [5, 5.41) is 12.5. The van der Waals surface area contributed by atoms with Gasteiger partial charge in [-0.3, -0.25) is 0 Å². The molecule has 1 heterocycles. The van der Waals surface area contributed by atoms with E-state index in [0.717, 1.165) is 0 Å². The summed E-state index contributed by atoms with van der Waals surface area (Å²) in [6.45, 7) is 2.32. The predicted molar refractivity (Wildman–Crippen MR) is 58.4 cm³/mol. The molecule has 1 unspecified atom stereocenters. The van der Waals surface area contributed by atoms with Crippen LogP contribution in [0.4, 0.5) is 5.82 Å². The summed E-state index contributed by atoms with van der Waals surface area (Å²) in [6, 6.07) is 0.263. The van der Waals surface area contributed by atoms with Gasteiger partial charge in [-0.05, 0) is 13.3 Å². The monoisotopic (exact) mass is 231 g/mol. The van der Waals surface area contributed by atoms with E-state index in [1.165, 1.54) is 13.3 Å². The molecule has 1 rings (SSSR count). The van der Waals surface area contributed by atoms with Crippen molar-refractivity contribution in [2.75, 3.05) is 19.0 Å². The van der Waals surface area contributed by atoms with E-state index in [1.54, 1.807) is 6.92 Å². The van der Waals surface area contributed by atoms with Crippen molar-refractivity contribution >= 4 is 17.4 Å². The Morgan fingerprint density at radius 3 is 3.00 bits per heavy atom. The van der Waals surface area contributed by atoms with Gasteiger partial charge in [0.05, 0.1) is 19.4 Å². The van der Waals surface area contributed by atoms with Gasteiger partial charge in [-0.25, -0.2) is 4.98 Å². The fourth-order valence-electron chi connectivity index (χ4n) is 0.973. The van der Waals surface area contributed by atoms with Gasteiger partial charge in [0.1, 0.15) is 5.02 Å². The van der Waals surface area contributed by atoms with Crippen LogP contribution in [0.25, 0.3) is 0 Å². The molecule has 1 atom stereocenters. The summed E-state index contributed by atoms with van der Waals surface area (Å²) in [4.78, 5) is 7.88. The molecule has 5 nitrogen and oxygen atoms in total. The van der Waals surface area contributed by atoms with E-state index in [1.807, 2.05) is 0 Å². The fraction of sp³-hybridized carbons (Fsp3) is 0.556. The molecule has 0 saturated carbocycles. The Morgan fingerprint density at radius 2 is 2.40 bits per heavy atom. The van der Waals surface area contributed by atoms with Crippen LogP contribution in [-0.4, -0.2) is 34.8 Å². The lowest BCUT2D eigenvalue weighted by atomic mass is 10.3. The highest BCUT2D eigenvalue weighted by molar-refractivity contribution is 6.32. The summed E-state index contributed by atoms with van der Waals surface area (Å²) in [5.41, 5.74) is 0. The van der Waals surface area contributed by atoms with E-state index in [0.29, 0.717) is 23.8 Å². The van der Waals surface area contributed by atoms with Gasteiger partial charge in [0, 0.05) is 6.54 Å². The van der Waals surface area contributed by atoms with Gasteiger partial charge in [0.2, 0.25) is 0 Å². The highest BCUT2D eigenvalue weighted by Crippen LogP contribution is 2.19. The molecule has 15 heavy (non-hydrogen) atoms. The second-order valence-electron chi connectivity index (χ2n) is 3.12. The van der Waals surface area contributed by atoms with E-state index in [2.05, 4.69) is 15.3 Å². The van der Waals surface area contributed by atoms with Crippen molar-refractivity contribution in [2.45, 2.75) is 19.4 Å². The molecule has 0 aliphatic rings. The predicted octanol–water partition coefficient (Wildman–Crippen LogP) is 1.32. The molecular formula is C9H14ClN3O2. The van der Waals surface area contributed by atoms with Gasteiger partial charge in [-0.2, -0.15) is 4.98 Å². The van der Waals surface area contributed by atoms with Crippen LogP contribution >= 0.6 is 11.6 Å². The molecule has 0 bridgehead atoms. The van der Waals surface area contributed by atoms with Crippen LogP contribution in [-0.2, 0) is 0 Å². The Bertz CT molecular complexity index is 320. The fourth-order valence-corrected chi connectivity index (χ4v) is 1.13. The van der Waals surface area contributed by atoms with Gasteiger partial charge < -0.3 is 15.2 Å². The largest absolute Gasteiger partial charge is 0.467 e. The normalized spacial score (nSPS) is 12.3. The van der Waals surface area contributed by atoms with Gasteiger partial charge in [0.15, 0.2) is 5.82 Å². The average Bonchev–Trinajstić information content (AvgIpc) is 2.20. The molecule has 0 aliphatic heterocycles. The van der Waals surface area contributed by atoms with Crippen molar-refractivity contribution in [3.63, 3.8) is 0 Å². The molecule has 0 aromatic carbocycles. The van der Waals surface area contributed by atoms with Crippen molar-refractivity contribution in [3.8, 4) is 6.01 Å². The summed E-state index contributed by atoms with van der Waals surface area (Å²) >= 11 is 5.86. The van der Waals surface area contributed by atoms with Gasteiger partial charge in [-0.15, -0.1) is 0 Å². The first-order valence-electron chi connectivity index (χ1n) is 4.62. The topological polar surface area (TPSA) is 67.3 Å². The minimum atomic E-state index is -0.347. The van der Waals surface area contributed by atoms with Crippen LogP contribution in [0.2, 0.25) is 5.02 Å². The molecule has 0 spiro atoms. The number of nitrogens with one attached hydrogen (secondary N) is 1. The maximum Gasteiger partial charge on any atom is 0.318 e. The molecule has 0 saturated heterocycles. The van der Waals surface area contributed by atoms with Crippen molar-refractivity contribution in [3.05, 3.63) is 11.2 Å². The van der Waals surface area contributed by atoms with E-state index in [9.17, 15) is 0 Å². The number of anilines is 1. The summed E-state index contributed by atoms with van der Waals surface area (Å²) in [5.74, 6) is 0.518. The number of halogens is 1. The highest BCUT2D eigenvalue weighted by atomic mass is 35.5. The van der Waals surface area contributed by atoms with E-state index in [4.69, 9.17) is 21.4 Å². The second kappa shape index (κ2) is 5.72. The number of aromatic nitrogens is 2. The Morgan fingerprint density at radius 1 is 1.67 bits per heavy atom. The third-order valence-electron chi connectivity index (χ3n) is 1.76. The lowest BCUT2D eigenvalue weighted by Crippen LogP contribution is -2.11. The maximum atomic E-state index is 9.07. The number of nitrogens with zero attached hydrogens (tertiary/aromatic N) is 2. The van der Waals surface area contributed by atoms with Gasteiger partial charge in [-0.1, -0.05) is 11.6 Å². The van der Waals surface area contributed by atoms with Crippen LogP contribution in [0.1, 0.15) is 13.3 Å². The lowest BCUT2D eigenvalue weighted by Gasteiger charge is -2.08. The number of aliphatic hydroxyl groups is 1. The van der Waals surface area contributed by atoms with Crippen LogP contribution in [0, 0.1) is 0 Å². The number of hydrogen-bond acceptors (Lipinski definition) is 5. The number of methoxy groups -OCH3 is 1. The third kappa shape index (κ3) is 3.89. The molecule has 0 radical (unpaired) electrons. The smallest absolute Gasteiger partial charge is 0.318 e. The molecule has 84 valence electrons. The van der Waals surface area contributed by atoms with E-state index in [-0.39, 0.29) is 12.1 Å². The molecule has 1 aromatic rings. The first-order chi connectivity index (χ1) is 7.13. The Labute approximate surface area is 93.5 Å². The molecule has 6 heteroatoms. The SMILES string of the molecule is COc1ncc(Cl)c(NCCC(C)O)n1. The minimum absolute atomic E-state index is 0.263. The van der Waals surface area contributed by atoms with Crippen molar-refractivity contribution < 1.29 is 9.84 Å². The first-order valence-corrected chi connectivity index (χ1v) is 4.99. The molecule has 0 amide bonds. The van der Waals surface area contributed by atoms with Crippen LogP contribution in [0.5, 0.6) is 6.01 Å². The summed E-state index contributed by atoms with van der Waals surface area (Å²) < 4.78 is 4.87. The quantitative estimate of drug-likeness (QED) is 0.800. The molecule has 2 N–H and O–H groups in total. The Hall–Kier alpha value is -1.07. The Balaban J connectivity index is 2.59. The third-order valence-corrected chi connectivity index (χ3v) is 2.04. The highest BCUT2D eigenvalue weighted by Gasteiger charge is 2.05. The van der Waals surface area contributed by atoms with Crippen LogP contribution in [0.15, 0.2) is 6.20 Å². The average molecular weight is 232 g/mol. The molecule has 1 aromatic heterocycles. The number of aliphatic hydroxyl groups excluding tert-OH is 1. The van der Waals surface area contributed by atoms with Gasteiger partial charge in [0.25, 0.3) is 0 Å². The minimum Gasteiger partial charge on any atom is -0.467 e. The second-order valence-corrected chi connectivity index (χ2v) is 3.52. The lowest BCUT2D eigenvalue weighted by molar-refractivity contribution is 0.188. The zero-order valence-electron chi connectivity index (χ0n) is 8.70. The van der Waals surface area contributed by atoms with E-state index < -0.39 is 0 Å². The zero-order valence-corrected chi connectivity index (χ0v) is 9.45. The maximum absolute atomic E-state index is 9.07. The first kappa shape index (κ1) is 12.0. The molecule has 0 fully saturated rings. The standard InChI is InChI=1S/C9H14ClN3O2/c1-6(14)3-4-11-8-7(10)5-12-9(13-8)15-2/h5-6,14H,3-4H2,1-2H3,(H,11,12,13). The van der Waals surface area contributed by atoms with Gasteiger partial charge >= 0.3 is 6.01 Å². The number of rotatable bonds is 5. The van der Waals surface area contributed by atoms with Crippen LogP contribution in [0.3, 0.4) is 0 Å². The molecular weight excluding hydrogens is 218 g/mol. The van der Waals surface area contributed by atoms with Crippen molar-refractivity contribution in [1.29, 1.82) is 0 Å². The number of ether oxygens (including phenoxy) is 1. The number of hydrogen-bond donors (Lipinski definition) is 2. The van der Waals surface area contributed by atoms with Crippen molar-refractivity contribution in [2.24, 2.45) is 0 Å². The summed E-state index contributed by atoms with van der Waals surface area (Å²) in [7, 11) is 1.49. The summed E-state index contributed by atoms with van der Waals surface area (Å²) in [6.07, 6.45) is 1.75. The Kier molecular flexibility index (Phi) is 4.58. The van der Waals surface area contributed by atoms with Crippen LogP contribution < -0.4 is 10.1 Å².